The molecule has 35 heavy (non-hydrogen) atoms. The Morgan fingerprint density at radius 3 is 2.69 bits per heavy atom. The maximum atomic E-state index is 13.1. The molecule has 2 amide bonds. The Hall–Kier alpha value is -3.55. The number of aliphatic carboxylic acids is 1. The zero-order valence-corrected chi connectivity index (χ0v) is 20.7. The third kappa shape index (κ3) is 7.73. The molecule has 1 fully saturated rings. The summed E-state index contributed by atoms with van der Waals surface area (Å²) in [5.41, 5.74) is 2.37. The van der Waals surface area contributed by atoms with E-state index in [9.17, 15) is 19.5 Å². The van der Waals surface area contributed by atoms with Crippen LogP contribution in [0.2, 0.25) is 0 Å². The number of nitrogens with one attached hydrogen (secondary N) is 4. The van der Waals surface area contributed by atoms with Crippen LogP contribution >= 0.6 is 24.0 Å². The highest BCUT2D eigenvalue weighted by atomic mass is 32.2. The maximum Gasteiger partial charge on any atom is 0.338 e. The molecular formula is C25H26N4O4S2. The summed E-state index contributed by atoms with van der Waals surface area (Å²) >= 11 is 6.85. The van der Waals surface area contributed by atoms with Crippen LogP contribution in [0.1, 0.15) is 23.2 Å². The van der Waals surface area contributed by atoms with E-state index in [2.05, 4.69) is 33.1 Å². The van der Waals surface area contributed by atoms with E-state index < -0.39 is 17.9 Å². The van der Waals surface area contributed by atoms with E-state index in [1.165, 1.54) is 11.8 Å². The number of amides is 2. The van der Waals surface area contributed by atoms with Gasteiger partial charge in [-0.25, -0.2) is 4.79 Å². The van der Waals surface area contributed by atoms with Crippen molar-refractivity contribution in [2.45, 2.75) is 24.9 Å². The van der Waals surface area contributed by atoms with Crippen LogP contribution < -0.4 is 21.3 Å². The molecule has 3 rings (SSSR count). The molecule has 8 nitrogen and oxygen atoms in total. The lowest BCUT2D eigenvalue weighted by molar-refractivity contribution is -0.137. The van der Waals surface area contributed by atoms with Gasteiger partial charge in [0, 0.05) is 30.3 Å². The van der Waals surface area contributed by atoms with Gasteiger partial charge in [0.05, 0.1) is 5.75 Å². The third-order valence-corrected chi connectivity index (χ3v) is 5.87. The van der Waals surface area contributed by atoms with Gasteiger partial charge in [0.15, 0.2) is 11.2 Å². The average molecular weight is 511 g/mol. The maximum absolute atomic E-state index is 13.1. The molecule has 1 aliphatic heterocycles. The summed E-state index contributed by atoms with van der Waals surface area (Å²) in [6.45, 7) is 0.512. The van der Waals surface area contributed by atoms with Crippen molar-refractivity contribution in [2.75, 3.05) is 23.9 Å². The van der Waals surface area contributed by atoms with Gasteiger partial charge in [-0.2, -0.15) is 11.8 Å². The van der Waals surface area contributed by atoms with Crippen LogP contribution in [0.15, 0.2) is 48.5 Å². The Labute approximate surface area is 213 Å². The Kier molecular flexibility index (Phi) is 9.52. The second-order valence-corrected chi connectivity index (χ2v) is 9.04. The molecule has 1 unspecified atom stereocenters. The van der Waals surface area contributed by atoms with Gasteiger partial charge < -0.3 is 26.4 Å². The number of carbonyl (C=O) groups excluding carboxylic acids is 2. The molecule has 1 heterocycles. The number of thioether (sulfide) groups is 1. The smallest absolute Gasteiger partial charge is 0.338 e. The molecule has 2 aromatic rings. The van der Waals surface area contributed by atoms with Crippen LogP contribution in [-0.4, -0.2) is 58.6 Å². The van der Waals surface area contributed by atoms with Gasteiger partial charge in [0.25, 0.3) is 5.91 Å². The molecule has 0 aromatic heterocycles. The number of hydrogen-bond donors (Lipinski definition) is 5. The molecule has 1 saturated heterocycles. The monoisotopic (exact) mass is 510 g/mol. The Balaban J connectivity index is 1.78. The topological polar surface area (TPSA) is 120 Å². The third-order valence-electron chi connectivity index (χ3n) is 5.19. The Morgan fingerprint density at radius 1 is 1.26 bits per heavy atom. The van der Waals surface area contributed by atoms with Gasteiger partial charge >= 0.3 is 5.97 Å². The summed E-state index contributed by atoms with van der Waals surface area (Å²) in [6, 6.07) is 13.1. The fourth-order valence-electron chi connectivity index (χ4n) is 3.48. The highest BCUT2D eigenvalue weighted by Crippen LogP contribution is 2.27. The molecule has 182 valence electrons. The van der Waals surface area contributed by atoms with Gasteiger partial charge in [-0.3, -0.25) is 9.59 Å². The zero-order chi connectivity index (χ0) is 25.2. The number of carboxylic acid groups (broad SMARTS) is 1. The molecule has 0 aliphatic carbocycles. The van der Waals surface area contributed by atoms with Crippen LogP contribution in [-0.2, 0) is 9.59 Å². The van der Waals surface area contributed by atoms with E-state index >= 15 is 0 Å². The van der Waals surface area contributed by atoms with Gasteiger partial charge in [0.1, 0.15) is 0 Å². The van der Waals surface area contributed by atoms with E-state index in [0.29, 0.717) is 40.6 Å². The Bertz CT molecular complexity index is 1160. The predicted octanol–water partition coefficient (Wildman–Crippen LogP) is 2.47. The van der Waals surface area contributed by atoms with Crippen LogP contribution in [0.25, 0.3) is 11.1 Å². The first-order valence-electron chi connectivity index (χ1n) is 10.9. The second-order valence-electron chi connectivity index (χ2n) is 7.76. The normalized spacial score (nSPS) is 15.2. The number of carboxylic acids is 1. The van der Waals surface area contributed by atoms with Gasteiger partial charge in [-0.05, 0) is 54.2 Å². The fourth-order valence-corrected chi connectivity index (χ4v) is 3.91. The molecule has 0 bridgehead atoms. The first kappa shape index (κ1) is 26.1. The van der Waals surface area contributed by atoms with Crippen molar-refractivity contribution < 1.29 is 19.5 Å². The molecule has 0 spiro atoms. The largest absolute Gasteiger partial charge is 0.479 e. The minimum absolute atomic E-state index is 0.0365. The summed E-state index contributed by atoms with van der Waals surface area (Å²) < 4.78 is 0. The fraction of sp³-hybridized carbons (Fsp3) is 0.280. The average Bonchev–Trinajstić information content (AvgIpc) is 3.27. The summed E-state index contributed by atoms with van der Waals surface area (Å²) in [4.78, 5) is 36.0. The first-order chi connectivity index (χ1) is 16.9. The van der Waals surface area contributed by atoms with Crippen molar-refractivity contribution in [3.63, 3.8) is 0 Å². The molecule has 1 aliphatic rings. The van der Waals surface area contributed by atoms with E-state index in [-0.39, 0.29) is 11.9 Å². The highest BCUT2D eigenvalue weighted by Gasteiger charge is 2.22. The number of rotatable bonds is 8. The lowest BCUT2D eigenvalue weighted by Gasteiger charge is -2.17. The van der Waals surface area contributed by atoms with Crippen molar-refractivity contribution >= 4 is 52.6 Å². The van der Waals surface area contributed by atoms with E-state index in [4.69, 9.17) is 12.2 Å². The van der Waals surface area contributed by atoms with Crippen LogP contribution in [0.4, 0.5) is 5.69 Å². The molecule has 0 radical (unpaired) electrons. The van der Waals surface area contributed by atoms with Gasteiger partial charge in [-0.1, -0.05) is 42.2 Å². The first-order valence-corrected chi connectivity index (χ1v) is 12.7. The molecule has 0 saturated carbocycles. The summed E-state index contributed by atoms with van der Waals surface area (Å²) in [6.07, 6.45) is 3.14. The molecule has 5 N–H and O–H groups in total. The quantitative estimate of drug-likeness (QED) is 0.271. The number of anilines is 1. The SMILES string of the molecule is CSCC#C[C@H](NC(=O)c1ccc(NC(=S)NCC2CCC(=O)N2)cc1-c1ccccc1)C(=O)O. The standard InChI is InChI=1S/C25H26N4O4S2/c1-35-13-5-8-21(24(32)33)29-23(31)19-11-9-17(14-20(19)16-6-3-2-4-7-16)28-25(34)26-15-18-10-12-22(30)27-18/h2-4,6-7,9,11,14,18,21H,10,12-13,15H2,1H3,(H,27,30)(H,29,31)(H,32,33)(H2,26,28,34)/t18?,21-/m0/s1. The van der Waals surface area contributed by atoms with Crippen molar-refractivity contribution in [3.05, 3.63) is 54.1 Å². The molecule has 2 aromatic carbocycles. The van der Waals surface area contributed by atoms with Gasteiger partial charge in [0.2, 0.25) is 5.91 Å². The highest BCUT2D eigenvalue weighted by molar-refractivity contribution is 7.98. The van der Waals surface area contributed by atoms with Crippen molar-refractivity contribution in [1.29, 1.82) is 0 Å². The minimum atomic E-state index is -1.32. The van der Waals surface area contributed by atoms with Gasteiger partial charge in [-0.15, -0.1) is 0 Å². The molecule has 2 atom stereocenters. The van der Waals surface area contributed by atoms with Crippen LogP contribution in [0.3, 0.4) is 0 Å². The summed E-state index contributed by atoms with van der Waals surface area (Å²) in [5.74, 6) is 4.08. The number of benzene rings is 2. The van der Waals surface area contributed by atoms with Crippen molar-refractivity contribution in [3.8, 4) is 23.0 Å². The number of thiocarbonyl (C=S) groups is 1. The zero-order valence-electron chi connectivity index (χ0n) is 19.1. The van der Waals surface area contributed by atoms with Crippen molar-refractivity contribution in [2.24, 2.45) is 0 Å². The molecule has 10 heteroatoms. The Morgan fingerprint density at radius 2 is 2.03 bits per heavy atom. The van der Waals surface area contributed by atoms with E-state index in [1.54, 1.807) is 18.2 Å². The number of hydrogen-bond acceptors (Lipinski definition) is 5. The molecular weight excluding hydrogens is 484 g/mol. The summed E-state index contributed by atoms with van der Waals surface area (Å²) in [5, 5.41) is 21.4. The van der Waals surface area contributed by atoms with E-state index in [1.807, 2.05) is 36.6 Å². The van der Waals surface area contributed by atoms with Crippen LogP contribution in [0, 0.1) is 11.8 Å². The second kappa shape index (κ2) is 12.8. The van der Waals surface area contributed by atoms with E-state index in [0.717, 1.165) is 12.0 Å². The number of carbonyl (C=O) groups is 3. The lowest BCUT2D eigenvalue weighted by Crippen LogP contribution is -2.40. The summed E-state index contributed by atoms with van der Waals surface area (Å²) in [7, 11) is 0. The van der Waals surface area contributed by atoms with Crippen LogP contribution in [0.5, 0.6) is 0 Å². The predicted molar refractivity (Wildman–Crippen MR) is 142 cm³/mol. The lowest BCUT2D eigenvalue weighted by atomic mass is 9.98. The minimum Gasteiger partial charge on any atom is -0.479 e. The van der Waals surface area contributed by atoms with Crippen molar-refractivity contribution in [1.82, 2.24) is 16.0 Å².